The lowest BCUT2D eigenvalue weighted by Crippen LogP contribution is -2.34. The summed E-state index contributed by atoms with van der Waals surface area (Å²) in [5.74, 6) is 1.34. The highest BCUT2D eigenvalue weighted by molar-refractivity contribution is 5.30. The van der Waals surface area contributed by atoms with E-state index < -0.39 is 5.60 Å². The van der Waals surface area contributed by atoms with Gasteiger partial charge in [0.25, 0.3) is 0 Å². The van der Waals surface area contributed by atoms with Gasteiger partial charge in [0, 0.05) is 0 Å². The molecule has 2 heteroatoms. The first-order valence-corrected chi connectivity index (χ1v) is 6.46. The lowest BCUT2D eigenvalue weighted by atomic mass is 9.99. The Hall–Kier alpha value is -1.02. The lowest BCUT2D eigenvalue weighted by molar-refractivity contribution is -0.0113. The Balaban J connectivity index is 2.66. The molecule has 0 saturated heterocycles. The molecular formula is C15H24O2. The summed E-state index contributed by atoms with van der Waals surface area (Å²) in [6, 6.07) is 8.10. The molecule has 1 rings (SSSR count). The first kappa shape index (κ1) is 14.0. The van der Waals surface area contributed by atoms with Crippen LogP contribution < -0.4 is 4.74 Å². The molecule has 0 amide bonds. The van der Waals surface area contributed by atoms with Gasteiger partial charge in [0.2, 0.25) is 0 Å². The molecule has 1 aromatic rings. The SMILES string of the molecule is CCC(O)(CC)COc1cccc(C(C)C)c1. The van der Waals surface area contributed by atoms with E-state index in [1.807, 2.05) is 26.0 Å². The molecule has 0 bridgehead atoms. The molecule has 0 aliphatic heterocycles. The van der Waals surface area contributed by atoms with E-state index in [0.29, 0.717) is 25.4 Å². The van der Waals surface area contributed by atoms with Crippen molar-refractivity contribution in [3.8, 4) is 5.75 Å². The molecule has 0 aliphatic carbocycles. The molecule has 0 saturated carbocycles. The van der Waals surface area contributed by atoms with Crippen molar-refractivity contribution < 1.29 is 9.84 Å². The van der Waals surface area contributed by atoms with Gasteiger partial charge in [-0.05, 0) is 36.5 Å². The van der Waals surface area contributed by atoms with Crippen LogP contribution in [0.1, 0.15) is 52.0 Å². The van der Waals surface area contributed by atoms with E-state index in [1.165, 1.54) is 5.56 Å². The van der Waals surface area contributed by atoms with Crippen LogP contribution in [0.5, 0.6) is 5.75 Å². The maximum Gasteiger partial charge on any atom is 0.119 e. The van der Waals surface area contributed by atoms with Gasteiger partial charge >= 0.3 is 0 Å². The van der Waals surface area contributed by atoms with Gasteiger partial charge in [0.1, 0.15) is 12.4 Å². The molecule has 0 aliphatic rings. The van der Waals surface area contributed by atoms with Crippen LogP contribution >= 0.6 is 0 Å². The first-order valence-electron chi connectivity index (χ1n) is 6.46. The van der Waals surface area contributed by atoms with E-state index >= 15 is 0 Å². The number of aliphatic hydroxyl groups is 1. The minimum absolute atomic E-state index is 0.363. The van der Waals surface area contributed by atoms with Crippen molar-refractivity contribution in [1.82, 2.24) is 0 Å². The highest BCUT2D eigenvalue weighted by Gasteiger charge is 2.23. The third-order valence-corrected chi connectivity index (χ3v) is 3.35. The minimum atomic E-state index is -0.701. The molecule has 0 heterocycles. The molecule has 0 atom stereocenters. The Bertz CT molecular complexity index is 341. The molecule has 1 aromatic carbocycles. The fourth-order valence-electron chi connectivity index (χ4n) is 1.64. The number of rotatable bonds is 6. The van der Waals surface area contributed by atoms with E-state index in [1.54, 1.807) is 0 Å². The van der Waals surface area contributed by atoms with Crippen LogP contribution in [0.25, 0.3) is 0 Å². The predicted molar refractivity (Wildman–Crippen MR) is 71.6 cm³/mol. The summed E-state index contributed by atoms with van der Waals surface area (Å²) in [5.41, 5.74) is 0.562. The number of hydrogen-bond acceptors (Lipinski definition) is 2. The predicted octanol–water partition coefficient (Wildman–Crippen LogP) is 3.74. The van der Waals surface area contributed by atoms with Crippen LogP contribution in [-0.4, -0.2) is 17.3 Å². The molecule has 0 fully saturated rings. The fourth-order valence-corrected chi connectivity index (χ4v) is 1.64. The third kappa shape index (κ3) is 4.04. The normalized spacial score (nSPS) is 11.9. The molecule has 0 aromatic heterocycles. The molecule has 0 radical (unpaired) electrons. The van der Waals surface area contributed by atoms with Gasteiger partial charge in [-0.15, -0.1) is 0 Å². The van der Waals surface area contributed by atoms with E-state index in [4.69, 9.17) is 4.74 Å². The molecule has 2 nitrogen and oxygen atoms in total. The van der Waals surface area contributed by atoms with Gasteiger partial charge in [-0.3, -0.25) is 0 Å². The maximum absolute atomic E-state index is 10.1. The Morgan fingerprint density at radius 3 is 2.41 bits per heavy atom. The zero-order valence-electron chi connectivity index (χ0n) is 11.4. The third-order valence-electron chi connectivity index (χ3n) is 3.35. The summed E-state index contributed by atoms with van der Waals surface area (Å²) in [6.45, 7) is 8.65. The average Bonchev–Trinajstić information content (AvgIpc) is 2.36. The van der Waals surface area contributed by atoms with Crippen LogP contribution in [-0.2, 0) is 0 Å². The monoisotopic (exact) mass is 236 g/mol. The average molecular weight is 236 g/mol. The van der Waals surface area contributed by atoms with Crippen molar-refractivity contribution in [3.05, 3.63) is 29.8 Å². The van der Waals surface area contributed by atoms with Crippen LogP contribution in [0.4, 0.5) is 0 Å². The molecule has 0 unspecified atom stereocenters. The molecule has 17 heavy (non-hydrogen) atoms. The van der Waals surface area contributed by atoms with E-state index in [9.17, 15) is 5.11 Å². The Labute approximate surface area is 105 Å². The quantitative estimate of drug-likeness (QED) is 0.815. The summed E-state index contributed by atoms with van der Waals surface area (Å²) in [5, 5.41) is 10.1. The lowest BCUT2D eigenvalue weighted by Gasteiger charge is -2.25. The standard InChI is InChI=1S/C15H24O2/c1-5-15(16,6-2)11-17-14-9-7-8-13(10-14)12(3)4/h7-10,12,16H,5-6,11H2,1-4H3. The van der Waals surface area contributed by atoms with Gasteiger partial charge in [0.05, 0.1) is 5.60 Å². The summed E-state index contributed by atoms with van der Waals surface area (Å²) >= 11 is 0. The van der Waals surface area contributed by atoms with E-state index in [-0.39, 0.29) is 0 Å². The second-order valence-electron chi connectivity index (χ2n) is 4.95. The Morgan fingerprint density at radius 2 is 1.88 bits per heavy atom. The number of hydrogen-bond donors (Lipinski definition) is 1. The van der Waals surface area contributed by atoms with Gasteiger partial charge in [0.15, 0.2) is 0 Å². The smallest absolute Gasteiger partial charge is 0.119 e. The van der Waals surface area contributed by atoms with Crippen molar-refractivity contribution in [1.29, 1.82) is 0 Å². The number of benzene rings is 1. The van der Waals surface area contributed by atoms with Crippen molar-refractivity contribution in [3.63, 3.8) is 0 Å². The zero-order valence-corrected chi connectivity index (χ0v) is 11.4. The summed E-state index contributed by atoms with van der Waals surface area (Å²) in [4.78, 5) is 0. The zero-order chi connectivity index (χ0) is 12.9. The Morgan fingerprint density at radius 1 is 1.24 bits per heavy atom. The van der Waals surface area contributed by atoms with Gasteiger partial charge in [-0.2, -0.15) is 0 Å². The van der Waals surface area contributed by atoms with E-state index in [0.717, 1.165) is 5.75 Å². The van der Waals surface area contributed by atoms with Crippen LogP contribution in [0, 0.1) is 0 Å². The van der Waals surface area contributed by atoms with Crippen molar-refractivity contribution in [2.45, 2.75) is 52.1 Å². The van der Waals surface area contributed by atoms with Crippen LogP contribution in [0.3, 0.4) is 0 Å². The molecular weight excluding hydrogens is 212 g/mol. The molecule has 0 spiro atoms. The largest absolute Gasteiger partial charge is 0.491 e. The van der Waals surface area contributed by atoms with Gasteiger partial charge in [-0.1, -0.05) is 39.8 Å². The maximum atomic E-state index is 10.1. The summed E-state index contributed by atoms with van der Waals surface area (Å²) in [7, 11) is 0. The topological polar surface area (TPSA) is 29.5 Å². The minimum Gasteiger partial charge on any atom is -0.491 e. The second kappa shape index (κ2) is 6.06. The highest BCUT2D eigenvalue weighted by Crippen LogP contribution is 2.22. The van der Waals surface area contributed by atoms with Crippen LogP contribution in [0.2, 0.25) is 0 Å². The second-order valence-corrected chi connectivity index (χ2v) is 4.95. The Kier molecular flexibility index (Phi) is 5.01. The molecule has 96 valence electrons. The van der Waals surface area contributed by atoms with Crippen molar-refractivity contribution in [2.75, 3.05) is 6.61 Å². The van der Waals surface area contributed by atoms with Crippen LogP contribution in [0.15, 0.2) is 24.3 Å². The van der Waals surface area contributed by atoms with Crippen molar-refractivity contribution in [2.24, 2.45) is 0 Å². The first-order chi connectivity index (χ1) is 8.00. The van der Waals surface area contributed by atoms with E-state index in [2.05, 4.69) is 26.0 Å². The van der Waals surface area contributed by atoms with Gasteiger partial charge < -0.3 is 9.84 Å². The summed E-state index contributed by atoms with van der Waals surface area (Å²) < 4.78 is 5.69. The molecule has 1 N–H and O–H groups in total. The van der Waals surface area contributed by atoms with Gasteiger partial charge in [-0.25, -0.2) is 0 Å². The fraction of sp³-hybridized carbons (Fsp3) is 0.600. The van der Waals surface area contributed by atoms with Crippen molar-refractivity contribution >= 4 is 0 Å². The number of ether oxygens (including phenoxy) is 1. The summed E-state index contributed by atoms with van der Waals surface area (Å²) in [6.07, 6.45) is 1.43. The highest BCUT2D eigenvalue weighted by atomic mass is 16.5.